The van der Waals surface area contributed by atoms with Crippen molar-refractivity contribution < 1.29 is 0 Å². The first-order valence-electron chi connectivity index (χ1n) is 5.05. The minimum absolute atomic E-state index is 0.567. The van der Waals surface area contributed by atoms with Crippen LogP contribution in [0.25, 0.3) is 11.2 Å². The molecule has 1 atom stereocenters. The monoisotopic (exact) mass is 248 g/mol. The molecule has 2 rings (SSSR count). The van der Waals surface area contributed by atoms with E-state index in [0.29, 0.717) is 11.4 Å². The Morgan fingerprint density at radius 3 is 3.06 bits per heavy atom. The lowest BCUT2D eigenvalue weighted by atomic mass is 10.1. The first-order chi connectivity index (χ1) is 8.18. The van der Waals surface area contributed by atoms with E-state index < -0.39 is 5.54 Å². The molecular formula is C10H12N6S. The lowest BCUT2D eigenvalue weighted by molar-refractivity contribution is 0.550. The van der Waals surface area contributed by atoms with Crippen LogP contribution < -0.4 is 5.32 Å². The summed E-state index contributed by atoms with van der Waals surface area (Å²) in [4.78, 5) is 15.3. The summed E-state index contributed by atoms with van der Waals surface area (Å²) >= 11 is 1.50. The van der Waals surface area contributed by atoms with Crippen LogP contribution in [0.3, 0.4) is 0 Å². The van der Waals surface area contributed by atoms with Gasteiger partial charge in [0.25, 0.3) is 0 Å². The molecule has 0 aliphatic heterocycles. The second kappa shape index (κ2) is 4.69. The van der Waals surface area contributed by atoms with Crippen molar-refractivity contribution in [1.82, 2.24) is 25.3 Å². The number of nitrogens with zero attached hydrogens (tertiary/aromatic N) is 4. The third-order valence-corrected chi connectivity index (χ3v) is 3.79. The van der Waals surface area contributed by atoms with Gasteiger partial charge in [0.05, 0.1) is 12.4 Å². The van der Waals surface area contributed by atoms with Gasteiger partial charge < -0.3 is 10.3 Å². The number of thioether (sulfide) groups is 1. The zero-order valence-electron chi connectivity index (χ0n) is 9.56. The number of hydrogen-bond acceptors (Lipinski definition) is 6. The number of fused-ring (bicyclic) bond motifs is 1. The van der Waals surface area contributed by atoms with Crippen molar-refractivity contribution in [3.63, 3.8) is 0 Å². The topological polar surface area (TPSA) is 90.3 Å². The van der Waals surface area contributed by atoms with Crippen LogP contribution in [0.15, 0.2) is 17.7 Å². The highest BCUT2D eigenvalue weighted by Crippen LogP contribution is 2.24. The van der Waals surface area contributed by atoms with Crippen molar-refractivity contribution in [2.75, 3.05) is 12.8 Å². The first-order valence-corrected chi connectivity index (χ1v) is 6.04. The first kappa shape index (κ1) is 11.8. The third kappa shape index (κ3) is 2.38. The van der Waals surface area contributed by atoms with E-state index in [4.69, 9.17) is 5.26 Å². The second-order valence-corrected chi connectivity index (χ2v) is 4.73. The Bertz CT molecular complexity index is 559. The van der Waals surface area contributed by atoms with Gasteiger partial charge in [-0.1, -0.05) is 0 Å². The lowest BCUT2D eigenvalue weighted by Gasteiger charge is -2.19. The van der Waals surface area contributed by atoms with Crippen molar-refractivity contribution >= 4 is 22.9 Å². The number of H-pyrrole nitrogens is 1. The van der Waals surface area contributed by atoms with E-state index in [2.05, 4.69) is 31.3 Å². The van der Waals surface area contributed by atoms with Gasteiger partial charge in [0, 0.05) is 5.75 Å². The highest BCUT2D eigenvalue weighted by atomic mass is 32.2. The van der Waals surface area contributed by atoms with Gasteiger partial charge in [-0.25, -0.2) is 15.0 Å². The van der Waals surface area contributed by atoms with Crippen molar-refractivity contribution in [1.29, 1.82) is 5.26 Å². The number of nitriles is 1. The second-order valence-electron chi connectivity index (χ2n) is 3.76. The van der Waals surface area contributed by atoms with Crippen LogP contribution in [0, 0.1) is 11.3 Å². The maximum absolute atomic E-state index is 9.06. The Kier molecular flexibility index (Phi) is 3.26. The molecule has 2 N–H and O–H groups in total. The molecular weight excluding hydrogens is 236 g/mol. The SMILES string of the molecule is CNC(C)(C#N)CSc1ncnc2nc[nH]c12. The van der Waals surface area contributed by atoms with Gasteiger partial charge in [0.1, 0.15) is 22.4 Å². The quantitative estimate of drug-likeness (QED) is 0.618. The molecule has 0 saturated carbocycles. The van der Waals surface area contributed by atoms with Gasteiger partial charge in [0.2, 0.25) is 0 Å². The molecule has 88 valence electrons. The number of rotatable bonds is 4. The number of aromatic nitrogens is 4. The summed E-state index contributed by atoms with van der Waals surface area (Å²) in [6.07, 6.45) is 3.07. The maximum Gasteiger partial charge on any atom is 0.181 e. The molecule has 2 aromatic heterocycles. The van der Waals surface area contributed by atoms with Crippen molar-refractivity contribution in [2.24, 2.45) is 0 Å². The number of nitrogens with one attached hydrogen (secondary N) is 2. The van der Waals surface area contributed by atoms with Gasteiger partial charge in [-0.05, 0) is 14.0 Å². The van der Waals surface area contributed by atoms with E-state index in [0.717, 1.165) is 10.5 Å². The van der Waals surface area contributed by atoms with E-state index in [1.165, 1.54) is 18.1 Å². The van der Waals surface area contributed by atoms with E-state index in [9.17, 15) is 0 Å². The summed E-state index contributed by atoms with van der Waals surface area (Å²) in [5, 5.41) is 12.9. The zero-order valence-corrected chi connectivity index (χ0v) is 10.4. The Hall–Kier alpha value is -1.65. The van der Waals surface area contributed by atoms with Gasteiger partial charge in [0.15, 0.2) is 5.65 Å². The molecule has 0 radical (unpaired) electrons. The third-order valence-electron chi connectivity index (χ3n) is 2.48. The normalized spacial score (nSPS) is 14.4. The fourth-order valence-electron chi connectivity index (χ4n) is 1.23. The zero-order chi connectivity index (χ0) is 12.3. The summed E-state index contributed by atoms with van der Waals surface area (Å²) < 4.78 is 0. The molecule has 0 aliphatic rings. The van der Waals surface area contributed by atoms with Crippen molar-refractivity contribution in [3.05, 3.63) is 12.7 Å². The van der Waals surface area contributed by atoms with E-state index in [1.807, 2.05) is 6.92 Å². The molecule has 0 aromatic carbocycles. The maximum atomic E-state index is 9.06. The molecule has 0 fully saturated rings. The molecule has 2 heterocycles. The molecule has 17 heavy (non-hydrogen) atoms. The molecule has 0 aliphatic carbocycles. The predicted octanol–water partition coefficient (Wildman–Crippen LogP) is 0.947. The molecule has 1 unspecified atom stereocenters. The van der Waals surface area contributed by atoms with Gasteiger partial charge in [-0.3, -0.25) is 0 Å². The largest absolute Gasteiger partial charge is 0.341 e. The number of hydrogen-bond donors (Lipinski definition) is 2. The van der Waals surface area contributed by atoms with E-state index in [1.54, 1.807) is 13.4 Å². The summed E-state index contributed by atoms with van der Waals surface area (Å²) in [5.41, 5.74) is 0.890. The minimum atomic E-state index is -0.567. The molecule has 0 saturated heterocycles. The minimum Gasteiger partial charge on any atom is -0.341 e. The average Bonchev–Trinajstić information content (AvgIpc) is 2.84. The molecule has 6 nitrogen and oxygen atoms in total. The molecule has 0 bridgehead atoms. The van der Waals surface area contributed by atoms with Gasteiger partial charge >= 0.3 is 0 Å². The number of aromatic amines is 1. The summed E-state index contributed by atoms with van der Waals surface area (Å²) in [6.45, 7) is 1.85. The summed E-state index contributed by atoms with van der Waals surface area (Å²) in [6, 6.07) is 2.24. The molecule has 2 aromatic rings. The summed E-state index contributed by atoms with van der Waals surface area (Å²) in [7, 11) is 1.77. The smallest absolute Gasteiger partial charge is 0.181 e. The van der Waals surface area contributed by atoms with Gasteiger partial charge in [-0.2, -0.15) is 5.26 Å². The van der Waals surface area contributed by atoms with Crippen LogP contribution in [-0.4, -0.2) is 38.3 Å². The average molecular weight is 248 g/mol. The molecule has 7 heteroatoms. The Morgan fingerprint density at radius 1 is 1.53 bits per heavy atom. The molecule has 0 amide bonds. The standard InChI is InChI=1S/C10H12N6S/c1-10(3-11,12-2)4-17-9-7-8(14-5-13-7)15-6-16-9/h5-6,12H,4H2,1-2H3,(H,13,14,15,16). The number of imidazole rings is 1. The van der Waals surface area contributed by atoms with Crippen LogP contribution in [0.2, 0.25) is 0 Å². The highest BCUT2D eigenvalue weighted by molar-refractivity contribution is 7.99. The van der Waals surface area contributed by atoms with E-state index >= 15 is 0 Å². The summed E-state index contributed by atoms with van der Waals surface area (Å²) in [5.74, 6) is 0.602. The van der Waals surface area contributed by atoms with Crippen LogP contribution >= 0.6 is 11.8 Å². The predicted molar refractivity (Wildman–Crippen MR) is 65.5 cm³/mol. The van der Waals surface area contributed by atoms with Crippen LogP contribution in [0.4, 0.5) is 0 Å². The lowest BCUT2D eigenvalue weighted by Crippen LogP contribution is -2.40. The van der Waals surface area contributed by atoms with E-state index in [-0.39, 0.29) is 0 Å². The van der Waals surface area contributed by atoms with Crippen LogP contribution in [0.5, 0.6) is 0 Å². The Balaban J connectivity index is 2.20. The Morgan fingerprint density at radius 2 is 2.35 bits per heavy atom. The van der Waals surface area contributed by atoms with Crippen LogP contribution in [0.1, 0.15) is 6.92 Å². The van der Waals surface area contributed by atoms with Crippen molar-refractivity contribution in [3.8, 4) is 6.07 Å². The van der Waals surface area contributed by atoms with Crippen LogP contribution in [-0.2, 0) is 0 Å². The fourth-order valence-corrected chi connectivity index (χ4v) is 2.28. The van der Waals surface area contributed by atoms with Gasteiger partial charge in [-0.15, -0.1) is 11.8 Å². The highest BCUT2D eigenvalue weighted by Gasteiger charge is 2.22. The van der Waals surface area contributed by atoms with Crippen molar-refractivity contribution in [2.45, 2.75) is 17.5 Å². The molecule has 0 spiro atoms. The fraction of sp³-hybridized carbons (Fsp3) is 0.400. The Labute approximate surface area is 103 Å².